The molecule has 3 aromatic heterocycles. The van der Waals surface area contributed by atoms with Crippen molar-refractivity contribution in [1.29, 1.82) is 0 Å². The molecule has 0 aromatic carbocycles. The van der Waals surface area contributed by atoms with Gasteiger partial charge in [-0.05, 0) is 68.9 Å². The van der Waals surface area contributed by atoms with Crippen LogP contribution in [0.2, 0.25) is 0 Å². The van der Waals surface area contributed by atoms with Gasteiger partial charge in [0.2, 0.25) is 0 Å². The molecule has 4 rings (SSSR count). The van der Waals surface area contributed by atoms with Gasteiger partial charge in [-0.15, -0.1) is 0 Å². The molecule has 3 heterocycles. The fourth-order valence-electron chi connectivity index (χ4n) is 1.94. The average Bonchev–Trinajstić information content (AvgIpc) is 3.39. The number of rotatable bonds is 3. The van der Waals surface area contributed by atoms with Crippen LogP contribution in [0.5, 0.6) is 0 Å². The van der Waals surface area contributed by atoms with Gasteiger partial charge in [0, 0.05) is 18.6 Å². The molecule has 0 bridgehead atoms. The molecule has 0 atom stereocenters. The molecule has 1 saturated carbocycles. The van der Waals surface area contributed by atoms with Crippen molar-refractivity contribution in [3.8, 4) is 0 Å². The smallest absolute Gasteiger partial charge is 0.260 e. The zero-order valence-electron chi connectivity index (χ0n) is 12.6. The molecule has 0 amide bonds. The minimum Gasteiger partial charge on any atom is -0.425 e. The van der Waals surface area contributed by atoms with Crippen molar-refractivity contribution in [3.05, 3.63) is 87.5 Å². The van der Waals surface area contributed by atoms with E-state index in [0.29, 0.717) is 0 Å². The van der Waals surface area contributed by atoms with Gasteiger partial charge < -0.3 is 13.8 Å². The van der Waals surface area contributed by atoms with Crippen LogP contribution in [-0.2, 0) is 20.8 Å². The third kappa shape index (κ3) is 6.23. The van der Waals surface area contributed by atoms with Gasteiger partial charge in [0.05, 0.1) is 0 Å². The minimum atomic E-state index is -0.826. The molecule has 3 aromatic rings. The molecule has 0 N–H and O–H groups in total. The molecule has 6 radical (unpaired) electrons. The van der Waals surface area contributed by atoms with Crippen molar-refractivity contribution >= 4 is 24.1 Å². The van der Waals surface area contributed by atoms with E-state index < -0.39 is 20.8 Å². The first-order chi connectivity index (χ1) is 11.9. The van der Waals surface area contributed by atoms with Crippen molar-refractivity contribution in [2.75, 3.05) is 0 Å². The first-order valence-corrected chi connectivity index (χ1v) is 13.3. The van der Waals surface area contributed by atoms with Crippen molar-refractivity contribution in [3.63, 3.8) is 0 Å². The van der Waals surface area contributed by atoms with E-state index in [1.54, 1.807) is 32.4 Å². The van der Waals surface area contributed by atoms with Gasteiger partial charge in [0.1, 0.15) is 0 Å². The molecular formula is C14H14BCl2N6Zr+. The van der Waals surface area contributed by atoms with Crippen LogP contribution in [0, 0.1) is 32.1 Å². The predicted octanol–water partition coefficient (Wildman–Crippen LogP) is 2.60. The van der Waals surface area contributed by atoms with Gasteiger partial charge in [-0.3, -0.25) is 0 Å². The van der Waals surface area contributed by atoms with Gasteiger partial charge in [-0.1, -0.05) is 0 Å². The van der Waals surface area contributed by atoms with E-state index in [1.807, 2.05) is 68.9 Å². The van der Waals surface area contributed by atoms with E-state index in [0.717, 1.165) is 0 Å². The first-order valence-electron chi connectivity index (χ1n) is 6.97. The second kappa shape index (κ2) is 11.7. The van der Waals surface area contributed by atoms with E-state index in [4.69, 9.17) is 17.0 Å². The van der Waals surface area contributed by atoms with Gasteiger partial charge in [0.25, 0.3) is 7.12 Å². The molecule has 1 aliphatic rings. The molecular weight excluding hydrogens is 425 g/mol. The van der Waals surface area contributed by atoms with Crippen molar-refractivity contribution in [2.45, 2.75) is 0 Å². The summed E-state index contributed by atoms with van der Waals surface area (Å²) in [4.78, 5) is 0. The Morgan fingerprint density at radius 1 is 0.625 bits per heavy atom. The van der Waals surface area contributed by atoms with Gasteiger partial charge in [0.15, 0.2) is 0 Å². The SMILES string of the molecule is [CH]1[CH][CH][CH][CH]1.[Cl][Zr+2][Cl].c1cnn([B-](n2cccn2)n2cccn2)c1. The number of halogens is 2. The fourth-order valence-corrected chi connectivity index (χ4v) is 1.94. The van der Waals surface area contributed by atoms with Crippen LogP contribution >= 0.6 is 17.0 Å². The maximum absolute atomic E-state index is 4.93. The van der Waals surface area contributed by atoms with Crippen LogP contribution in [0.4, 0.5) is 0 Å². The van der Waals surface area contributed by atoms with Crippen LogP contribution in [0.25, 0.3) is 0 Å². The number of hydrogen-bond acceptors (Lipinski definition) is 3. The van der Waals surface area contributed by atoms with Crippen molar-refractivity contribution < 1.29 is 20.8 Å². The Kier molecular flexibility index (Phi) is 9.47. The Hall–Kier alpha value is -0.842. The number of hydrogen-bond donors (Lipinski definition) is 0. The van der Waals surface area contributed by atoms with E-state index in [9.17, 15) is 0 Å². The Bertz CT molecular complexity index is 539. The maximum atomic E-state index is 4.93. The first kappa shape index (κ1) is 19.5. The third-order valence-corrected chi connectivity index (χ3v) is 2.84. The normalized spacial score (nSPS) is 12.8. The number of aromatic nitrogens is 6. The Balaban J connectivity index is 0.000000217. The molecule has 0 saturated heterocycles. The average molecular weight is 439 g/mol. The molecule has 10 heteroatoms. The molecule has 1 aliphatic carbocycles. The molecule has 24 heavy (non-hydrogen) atoms. The summed E-state index contributed by atoms with van der Waals surface area (Å²) in [5, 5.41) is 12.7. The molecule has 0 spiro atoms. The molecule has 6 nitrogen and oxygen atoms in total. The largest absolute Gasteiger partial charge is 0.425 e. The monoisotopic (exact) mass is 437 g/mol. The maximum Gasteiger partial charge on any atom is 0.260 e. The fraction of sp³-hybridized carbons (Fsp3) is 0. The summed E-state index contributed by atoms with van der Waals surface area (Å²) in [6.45, 7) is 0. The Morgan fingerprint density at radius 3 is 1.12 bits per heavy atom. The van der Waals surface area contributed by atoms with Crippen molar-refractivity contribution in [2.24, 2.45) is 0 Å². The van der Waals surface area contributed by atoms with Crippen LogP contribution < -0.4 is 0 Å². The number of nitrogens with zero attached hydrogens (tertiary/aromatic N) is 6. The predicted molar refractivity (Wildman–Crippen MR) is 91.8 cm³/mol. The van der Waals surface area contributed by atoms with Gasteiger partial charge in [-0.2, -0.15) is 0 Å². The van der Waals surface area contributed by atoms with Crippen LogP contribution in [0.15, 0.2) is 55.4 Å². The zero-order valence-corrected chi connectivity index (χ0v) is 16.6. The second-order valence-corrected chi connectivity index (χ2v) is 8.07. The summed E-state index contributed by atoms with van der Waals surface area (Å²) in [6.07, 6.45) is 20.9. The summed E-state index contributed by atoms with van der Waals surface area (Å²) >= 11 is -0.826. The van der Waals surface area contributed by atoms with Crippen molar-refractivity contribution in [1.82, 2.24) is 29.1 Å². The van der Waals surface area contributed by atoms with E-state index >= 15 is 0 Å². The molecule has 0 unspecified atom stereocenters. The van der Waals surface area contributed by atoms with Gasteiger partial charge >= 0.3 is 37.9 Å². The standard InChI is InChI=1S/C9H9BN6.C5H5.2ClH.Zr/c1-4-11-14(7-1)10(15-8-2-5-12-15)16-9-3-6-13-16;1-2-4-5-3-1;;;/h1-9H;1-5H;2*1H;/q-1;;;;+4/p-2. The van der Waals surface area contributed by atoms with Gasteiger partial charge in [-0.25, -0.2) is 15.3 Å². The quantitative estimate of drug-likeness (QED) is 0.590. The zero-order chi connectivity index (χ0) is 17.0. The summed E-state index contributed by atoms with van der Waals surface area (Å²) in [5.41, 5.74) is 0. The Morgan fingerprint density at radius 2 is 0.917 bits per heavy atom. The summed E-state index contributed by atoms with van der Waals surface area (Å²) in [5.74, 6) is 0. The van der Waals surface area contributed by atoms with E-state index in [2.05, 4.69) is 15.3 Å². The summed E-state index contributed by atoms with van der Waals surface area (Å²) in [6, 6.07) is 5.62. The topological polar surface area (TPSA) is 53.5 Å². The van der Waals surface area contributed by atoms with Crippen LogP contribution in [0.3, 0.4) is 0 Å². The van der Waals surface area contributed by atoms with E-state index in [-0.39, 0.29) is 7.12 Å². The Labute approximate surface area is 160 Å². The minimum absolute atomic E-state index is 0.194. The van der Waals surface area contributed by atoms with E-state index in [1.165, 1.54) is 0 Å². The summed E-state index contributed by atoms with van der Waals surface area (Å²) in [7, 11) is 9.67. The van der Waals surface area contributed by atoms with Crippen LogP contribution in [0.1, 0.15) is 0 Å². The second-order valence-electron chi connectivity index (χ2n) is 4.34. The third-order valence-electron chi connectivity index (χ3n) is 2.84. The van der Waals surface area contributed by atoms with Crippen LogP contribution in [-0.4, -0.2) is 36.2 Å². The molecule has 120 valence electrons. The molecule has 1 fully saturated rings. The molecule has 0 aliphatic heterocycles. The summed E-state index contributed by atoms with van der Waals surface area (Å²) < 4.78 is 5.38.